The lowest BCUT2D eigenvalue weighted by molar-refractivity contribution is -0.113. The van der Waals surface area contributed by atoms with Crippen molar-refractivity contribution in [1.29, 1.82) is 0 Å². The Morgan fingerprint density at radius 2 is 1.64 bits per heavy atom. The molecule has 1 aliphatic rings. The molecule has 0 fully saturated rings. The predicted octanol–water partition coefficient (Wildman–Crippen LogP) is 4.00. The topological polar surface area (TPSA) is 66.5 Å². The maximum atomic E-state index is 12.3. The zero-order valence-electron chi connectivity index (χ0n) is 15.9. The minimum atomic E-state index is -0.256. The van der Waals surface area contributed by atoms with Crippen LogP contribution in [0.5, 0.6) is 0 Å². The molecule has 1 aliphatic heterocycles. The normalized spacial score (nSPS) is 13.0. The summed E-state index contributed by atoms with van der Waals surface area (Å²) < 4.78 is 0. The standard InChI is InChI=1S/C22H24N2O3S/c1-2-3-6-16-9-11-17(12-10-16)23-20(25)15-28-14-13-24-21(26)18-7-4-5-8-19(18)22(24)27/h4-5,7-12H,2-3,6,13-15H2,1H3,(H,23,25). The van der Waals surface area contributed by atoms with Crippen molar-refractivity contribution in [1.82, 2.24) is 4.90 Å². The van der Waals surface area contributed by atoms with Gasteiger partial charge in [-0.2, -0.15) is 11.8 Å². The van der Waals surface area contributed by atoms with Crippen molar-refractivity contribution in [2.45, 2.75) is 26.2 Å². The molecule has 0 radical (unpaired) electrons. The first-order valence-corrected chi connectivity index (χ1v) is 10.7. The van der Waals surface area contributed by atoms with Gasteiger partial charge in [0.2, 0.25) is 5.91 Å². The molecule has 3 rings (SSSR count). The van der Waals surface area contributed by atoms with Gasteiger partial charge in [0.25, 0.3) is 11.8 Å². The quantitative estimate of drug-likeness (QED) is 0.514. The molecule has 1 N–H and O–H groups in total. The van der Waals surface area contributed by atoms with Crippen LogP contribution in [-0.2, 0) is 11.2 Å². The van der Waals surface area contributed by atoms with Crippen LogP contribution in [0.4, 0.5) is 5.69 Å². The van der Waals surface area contributed by atoms with Gasteiger partial charge in [-0.3, -0.25) is 19.3 Å². The summed E-state index contributed by atoms with van der Waals surface area (Å²) in [6.07, 6.45) is 3.38. The second kappa shape index (κ2) is 9.55. The number of aryl methyl sites for hydroxylation is 1. The fraction of sp³-hybridized carbons (Fsp3) is 0.318. The number of imide groups is 1. The van der Waals surface area contributed by atoms with Crippen LogP contribution < -0.4 is 5.32 Å². The Kier molecular flexibility index (Phi) is 6.87. The summed E-state index contributed by atoms with van der Waals surface area (Å²) >= 11 is 1.41. The van der Waals surface area contributed by atoms with Gasteiger partial charge < -0.3 is 5.32 Å². The zero-order valence-corrected chi connectivity index (χ0v) is 16.8. The number of carbonyl (C=O) groups excluding carboxylic acids is 3. The molecule has 6 heteroatoms. The summed E-state index contributed by atoms with van der Waals surface area (Å²) in [4.78, 5) is 37.9. The zero-order chi connectivity index (χ0) is 19.9. The molecule has 28 heavy (non-hydrogen) atoms. The van der Waals surface area contributed by atoms with E-state index in [0.29, 0.717) is 23.4 Å². The number of amides is 3. The highest BCUT2D eigenvalue weighted by atomic mass is 32.2. The molecule has 5 nitrogen and oxygen atoms in total. The first-order valence-electron chi connectivity index (χ1n) is 9.52. The van der Waals surface area contributed by atoms with E-state index in [1.807, 2.05) is 24.3 Å². The van der Waals surface area contributed by atoms with E-state index in [1.54, 1.807) is 24.3 Å². The number of carbonyl (C=O) groups is 3. The van der Waals surface area contributed by atoms with E-state index in [9.17, 15) is 14.4 Å². The minimum absolute atomic E-state index is 0.0892. The number of hydrogen-bond donors (Lipinski definition) is 1. The molecule has 0 saturated carbocycles. The fourth-order valence-electron chi connectivity index (χ4n) is 3.10. The second-order valence-corrected chi connectivity index (χ2v) is 7.81. The van der Waals surface area contributed by atoms with Crippen molar-refractivity contribution in [2.24, 2.45) is 0 Å². The smallest absolute Gasteiger partial charge is 0.261 e. The van der Waals surface area contributed by atoms with Gasteiger partial charge in [0.15, 0.2) is 0 Å². The molecule has 2 aromatic rings. The lowest BCUT2D eigenvalue weighted by atomic mass is 10.1. The monoisotopic (exact) mass is 396 g/mol. The molecular weight excluding hydrogens is 372 g/mol. The molecular formula is C22H24N2O3S. The number of anilines is 1. The number of nitrogens with zero attached hydrogens (tertiary/aromatic N) is 1. The van der Waals surface area contributed by atoms with E-state index in [4.69, 9.17) is 0 Å². The number of unbranched alkanes of at least 4 members (excludes halogenated alkanes) is 1. The molecule has 2 aromatic carbocycles. The predicted molar refractivity (Wildman–Crippen MR) is 113 cm³/mol. The van der Waals surface area contributed by atoms with Gasteiger partial charge in [0.1, 0.15) is 0 Å². The third-order valence-electron chi connectivity index (χ3n) is 4.63. The summed E-state index contributed by atoms with van der Waals surface area (Å²) in [5.74, 6) is 0.201. The Bertz CT molecular complexity index is 829. The van der Waals surface area contributed by atoms with Crippen LogP contribution in [0, 0.1) is 0 Å². The van der Waals surface area contributed by atoms with Gasteiger partial charge >= 0.3 is 0 Å². The molecule has 0 aromatic heterocycles. The largest absolute Gasteiger partial charge is 0.325 e. The number of thioether (sulfide) groups is 1. The highest BCUT2D eigenvalue weighted by molar-refractivity contribution is 7.99. The van der Waals surface area contributed by atoms with Crippen LogP contribution in [0.3, 0.4) is 0 Å². The van der Waals surface area contributed by atoms with Crippen molar-refractivity contribution in [3.05, 3.63) is 65.2 Å². The minimum Gasteiger partial charge on any atom is -0.325 e. The lowest BCUT2D eigenvalue weighted by Gasteiger charge is -2.13. The van der Waals surface area contributed by atoms with E-state index in [0.717, 1.165) is 24.9 Å². The number of nitrogens with one attached hydrogen (secondary N) is 1. The Morgan fingerprint density at radius 3 is 2.25 bits per heavy atom. The Labute approximate surface area is 169 Å². The van der Waals surface area contributed by atoms with Gasteiger partial charge in [0.05, 0.1) is 16.9 Å². The molecule has 146 valence electrons. The Balaban J connectivity index is 1.40. The first-order chi connectivity index (χ1) is 13.6. The Morgan fingerprint density at radius 1 is 1.00 bits per heavy atom. The molecule has 3 amide bonds. The molecule has 0 unspecified atom stereocenters. The maximum absolute atomic E-state index is 12.3. The number of rotatable bonds is 9. The second-order valence-electron chi connectivity index (χ2n) is 6.71. The third-order valence-corrected chi connectivity index (χ3v) is 5.56. The summed E-state index contributed by atoms with van der Waals surface area (Å²) in [7, 11) is 0. The van der Waals surface area contributed by atoms with E-state index in [2.05, 4.69) is 12.2 Å². The molecule has 0 bridgehead atoms. The van der Waals surface area contributed by atoms with Gasteiger partial charge in [-0.15, -0.1) is 0 Å². The van der Waals surface area contributed by atoms with Gasteiger partial charge in [-0.05, 0) is 42.7 Å². The van der Waals surface area contributed by atoms with Crippen molar-refractivity contribution in [3.8, 4) is 0 Å². The number of benzene rings is 2. The van der Waals surface area contributed by atoms with Crippen molar-refractivity contribution >= 4 is 35.2 Å². The van der Waals surface area contributed by atoms with E-state index in [1.165, 1.54) is 22.2 Å². The number of fused-ring (bicyclic) bond motifs is 1. The van der Waals surface area contributed by atoms with Crippen LogP contribution in [0.1, 0.15) is 46.0 Å². The summed E-state index contributed by atoms with van der Waals surface area (Å²) in [6.45, 7) is 2.47. The summed E-state index contributed by atoms with van der Waals surface area (Å²) in [6, 6.07) is 14.8. The maximum Gasteiger partial charge on any atom is 0.261 e. The molecule has 1 heterocycles. The van der Waals surface area contributed by atoms with E-state index < -0.39 is 0 Å². The third kappa shape index (κ3) is 4.81. The van der Waals surface area contributed by atoms with E-state index >= 15 is 0 Å². The van der Waals surface area contributed by atoms with Crippen molar-refractivity contribution in [3.63, 3.8) is 0 Å². The van der Waals surface area contributed by atoms with Gasteiger partial charge in [-0.25, -0.2) is 0 Å². The van der Waals surface area contributed by atoms with Crippen molar-refractivity contribution < 1.29 is 14.4 Å². The fourth-order valence-corrected chi connectivity index (χ4v) is 3.81. The lowest BCUT2D eigenvalue weighted by Crippen LogP contribution is -2.32. The molecule has 0 saturated heterocycles. The first kappa shape index (κ1) is 20.1. The van der Waals surface area contributed by atoms with Crippen LogP contribution in [0.25, 0.3) is 0 Å². The highest BCUT2D eigenvalue weighted by Gasteiger charge is 2.34. The van der Waals surface area contributed by atoms with Crippen LogP contribution in [-0.4, -0.2) is 40.7 Å². The van der Waals surface area contributed by atoms with E-state index in [-0.39, 0.29) is 23.5 Å². The average molecular weight is 397 g/mol. The van der Waals surface area contributed by atoms with Crippen LogP contribution >= 0.6 is 11.8 Å². The molecule has 0 aliphatic carbocycles. The average Bonchev–Trinajstić information content (AvgIpc) is 2.95. The van der Waals surface area contributed by atoms with Crippen LogP contribution in [0.2, 0.25) is 0 Å². The molecule has 0 atom stereocenters. The summed E-state index contributed by atoms with van der Waals surface area (Å²) in [5.41, 5.74) is 2.97. The van der Waals surface area contributed by atoms with Gasteiger partial charge in [-0.1, -0.05) is 37.6 Å². The van der Waals surface area contributed by atoms with Crippen LogP contribution in [0.15, 0.2) is 48.5 Å². The molecule has 0 spiro atoms. The van der Waals surface area contributed by atoms with Gasteiger partial charge in [0, 0.05) is 18.0 Å². The highest BCUT2D eigenvalue weighted by Crippen LogP contribution is 2.22. The van der Waals surface area contributed by atoms with Crippen molar-refractivity contribution in [2.75, 3.05) is 23.4 Å². The Hall–Kier alpha value is -2.60. The number of hydrogen-bond acceptors (Lipinski definition) is 4. The SMILES string of the molecule is CCCCc1ccc(NC(=O)CSCCN2C(=O)c3ccccc3C2=O)cc1. The summed E-state index contributed by atoms with van der Waals surface area (Å²) in [5, 5.41) is 2.88.